The van der Waals surface area contributed by atoms with Gasteiger partial charge in [0.1, 0.15) is 0 Å². The molecule has 1 aromatic heterocycles. The maximum atomic E-state index is 9.83. The Labute approximate surface area is 586 Å². The van der Waals surface area contributed by atoms with Crippen LogP contribution in [0.2, 0.25) is 0 Å². The standard InChI is InChI=1S/C94H72BN3/c1-93(2,3)71-56-80(64-33-17-10-18-34-64)92(81(57-71)68-37-25-36-66(53-68)61-27-11-7-12-28-61)97-86-52-48-67(62-29-13-8-14-30-62)55-83(86)95-82-51-49-73(96-84-43-23-21-39-78(84)79-40-22-24-44-85(79)96)60-87(82)98(89-59-72(94(4,5)6)58-88(97)90(89)95)91-76(63-31-15-9-16-32-63)41-26-42-77(91)70-47-50-75-69(54-70)46-45-65-35-19-20-38-74(65)75/h7-60H,1-6H3/i21D,22D,23D,24D,39D,40D,43D,44D. The van der Waals surface area contributed by atoms with E-state index in [1.165, 1.54) is 5.56 Å². The second kappa shape index (κ2) is 23.0. The second-order valence-corrected chi connectivity index (χ2v) is 28.2. The molecule has 0 saturated heterocycles. The molecule has 2 aliphatic heterocycles. The Morgan fingerprint density at radius 2 is 0.765 bits per heavy atom. The van der Waals surface area contributed by atoms with Crippen LogP contribution < -0.4 is 26.2 Å². The van der Waals surface area contributed by atoms with Crippen LogP contribution in [0.15, 0.2) is 327 Å². The molecule has 0 atom stereocenters. The Kier molecular flexibility index (Phi) is 11.9. The summed E-state index contributed by atoms with van der Waals surface area (Å²) in [6.45, 7) is 13.3. The Hall–Kier alpha value is -11.7. The van der Waals surface area contributed by atoms with Crippen molar-refractivity contribution in [3.63, 3.8) is 0 Å². The van der Waals surface area contributed by atoms with Crippen LogP contribution in [0.25, 0.3) is 116 Å². The fourth-order valence-corrected chi connectivity index (χ4v) is 15.4. The van der Waals surface area contributed by atoms with Crippen LogP contribution in [0.3, 0.4) is 0 Å². The second-order valence-electron chi connectivity index (χ2n) is 28.2. The molecule has 0 spiro atoms. The minimum absolute atomic E-state index is 0.0134. The molecule has 3 nitrogen and oxygen atoms in total. The lowest BCUT2D eigenvalue weighted by molar-refractivity contribution is 0.590. The number of nitrogens with zero attached hydrogens (tertiary/aromatic N) is 3. The average molecular weight is 1260 g/mol. The van der Waals surface area contributed by atoms with Crippen molar-refractivity contribution in [1.29, 1.82) is 0 Å². The number of hydrogen-bond donors (Lipinski definition) is 0. The maximum absolute atomic E-state index is 9.83. The van der Waals surface area contributed by atoms with Gasteiger partial charge >= 0.3 is 0 Å². The molecular formula is C94H72BN3. The molecule has 4 heteroatoms. The van der Waals surface area contributed by atoms with Crippen LogP contribution in [-0.2, 0) is 10.8 Å². The van der Waals surface area contributed by atoms with Crippen molar-refractivity contribution in [2.24, 2.45) is 0 Å². The number of benzene rings is 15. The monoisotopic (exact) mass is 1260 g/mol. The van der Waals surface area contributed by atoms with Gasteiger partial charge < -0.3 is 14.4 Å². The molecule has 0 N–H and O–H groups in total. The van der Waals surface area contributed by atoms with E-state index in [4.69, 9.17) is 2.74 Å². The van der Waals surface area contributed by atoms with E-state index < -0.39 is 48.4 Å². The van der Waals surface area contributed by atoms with Crippen molar-refractivity contribution in [3.8, 4) is 72.4 Å². The van der Waals surface area contributed by atoms with Gasteiger partial charge in [0, 0.05) is 61.5 Å². The van der Waals surface area contributed by atoms with Crippen molar-refractivity contribution in [3.05, 3.63) is 339 Å². The highest BCUT2D eigenvalue weighted by atomic mass is 15.2. The molecule has 0 saturated carbocycles. The average Bonchev–Trinajstić information content (AvgIpc) is 0.886. The van der Waals surface area contributed by atoms with E-state index in [1.807, 2.05) is 12.1 Å². The van der Waals surface area contributed by atoms with E-state index in [1.54, 1.807) is 4.57 Å². The predicted octanol–water partition coefficient (Wildman–Crippen LogP) is 23.8. The molecule has 15 aromatic carbocycles. The number of anilines is 6. The van der Waals surface area contributed by atoms with Crippen molar-refractivity contribution >= 4 is 101 Å². The summed E-state index contributed by atoms with van der Waals surface area (Å²) in [6.07, 6.45) is 0. The summed E-state index contributed by atoms with van der Waals surface area (Å²) in [7, 11) is 0. The van der Waals surface area contributed by atoms with Gasteiger partial charge in [-0.2, -0.15) is 0 Å². The lowest BCUT2D eigenvalue weighted by Gasteiger charge is -2.46. The Bertz CT molecular complexity index is 6270. The number of hydrogen-bond acceptors (Lipinski definition) is 2. The quantitative estimate of drug-likeness (QED) is 0.105. The fourth-order valence-electron chi connectivity index (χ4n) is 15.4. The normalized spacial score (nSPS) is 13.9. The van der Waals surface area contributed by atoms with Gasteiger partial charge in [-0.05, 0) is 171 Å². The van der Waals surface area contributed by atoms with Crippen LogP contribution in [0, 0.1) is 0 Å². The van der Waals surface area contributed by atoms with Crippen molar-refractivity contribution in [1.82, 2.24) is 4.57 Å². The molecule has 0 radical (unpaired) electrons. The van der Waals surface area contributed by atoms with E-state index >= 15 is 0 Å². The van der Waals surface area contributed by atoms with Crippen molar-refractivity contribution in [2.75, 3.05) is 9.80 Å². The third kappa shape index (κ3) is 9.72. The van der Waals surface area contributed by atoms with Gasteiger partial charge in [0.2, 0.25) is 0 Å². The van der Waals surface area contributed by atoms with Gasteiger partial charge in [0.15, 0.2) is 0 Å². The van der Waals surface area contributed by atoms with Gasteiger partial charge in [-0.25, -0.2) is 0 Å². The van der Waals surface area contributed by atoms with Gasteiger partial charge in [0.25, 0.3) is 6.71 Å². The minimum atomic E-state index is -0.497. The van der Waals surface area contributed by atoms with Crippen LogP contribution in [0.5, 0.6) is 0 Å². The molecule has 0 amide bonds. The zero-order valence-electron chi connectivity index (χ0n) is 63.5. The molecule has 3 heterocycles. The third-order valence-corrected chi connectivity index (χ3v) is 20.3. The summed E-state index contributed by atoms with van der Waals surface area (Å²) < 4.78 is 77.1. The first kappa shape index (κ1) is 50.7. The van der Waals surface area contributed by atoms with Crippen molar-refractivity contribution < 1.29 is 11.0 Å². The van der Waals surface area contributed by atoms with Crippen LogP contribution in [0.1, 0.15) is 63.6 Å². The lowest BCUT2D eigenvalue weighted by Crippen LogP contribution is -2.61. The summed E-state index contributed by atoms with van der Waals surface area (Å²) in [4.78, 5) is 5.04. The highest BCUT2D eigenvalue weighted by Crippen LogP contribution is 2.55. The van der Waals surface area contributed by atoms with E-state index in [-0.39, 0.29) is 39.3 Å². The molecule has 0 bridgehead atoms. The predicted molar refractivity (Wildman–Crippen MR) is 420 cm³/mol. The number of aromatic nitrogens is 1. The summed E-state index contributed by atoms with van der Waals surface area (Å²) in [5.74, 6) is 0. The SMILES string of the molecule is [2H]c1c([2H])c([2H])c2c(c1[2H])c1c([2H])c([2H])c([2H])c([2H])c1n2-c1ccc2c(c1)N(c1c(-c3ccccc3)cccc1-c1ccc3c(ccc4ccccc43)c1)c1cc(C(C)(C)C)cc3c1B2c1cc(-c2ccccc2)ccc1N3c1c(-c2ccccc2)cc(C(C)(C)C)cc1-c1cccc(-c2ccccc2)c1. The molecule has 18 rings (SSSR count). The van der Waals surface area contributed by atoms with Crippen LogP contribution in [0.4, 0.5) is 34.1 Å². The van der Waals surface area contributed by atoms with Crippen LogP contribution >= 0.6 is 0 Å². The van der Waals surface area contributed by atoms with Gasteiger partial charge in [-0.15, -0.1) is 0 Å². The van der Waals surface area contributed by atoms with Gasteiger partial charge in [0.05, 0.1) is 33.4 Å². The minimum Gasteiger partial charge on any atom is -0.310 e. The first-order valence-corrected chi connectivity index (χ1v) is 33.8. The van der Waals surface area contributed by atoms with Crippen LogP contribution in [-0.4, -0.2) is 11.3 Å². The zero-order valence-corrected chi connectivity index (χ0v) is 55.5. The number of rotatable bonds is 9. The Balaban J connectivity index is 1.03. The molecule has 0 unspecified atom stereocenters. The summed E-state index contributed by atoms with van der Waals surface area (Å²) in [6, 6.07) is 97.4. The summed E-state index contributed by atoms with van der Waals surface area (Å²) in [5.41, 5.74) is 23.1. The van der Waals surface area contributed by atoms with Gasteiger partial charge in [-0.1, -0.05) is 302 Å². The third-order valence-electron chi connectivity index (χ3n) is 20.3. The lowest BCUT2D eigenvalue weighted by atomic mass is 9.33. The highest BCUT2D eigenvalue weighted by Gasteiger charge is 2.46. The van der Waals surface area contributed by atoms with E-state index in [0.29, 0.717) is 5.69 Å². The van der Waals surface area contributed by atoms with E-state index in [0.717, 1.165) is 144 Å². The number of para-hydroxylation sites is 3. The first-order chi connectivity index (χ1) is 51.2. The van der Waals surface area contributed by atoms with Crippen molar-refractivity contribution in [2.45, 2.75) is 52.4 Å². The highest BCUT2D eigenvalue weighted by molar-refractivity contribution is 7.00. The largest absolute Gasteiger partial charge is 0.310 e. The molecule has 0 fully saturated rings. The molecule has 2 aliphatic rings. The summed E-state index contributed by atoms with van der Waals surface area (Å²) in [5, 5.41) is 4.56. The first-order valence-electron chi connectivity index (χ1n) is 37.8. The maximum Gasteiger partial charge on any atom is 0.252 e. The smallest absolute Gasteiger partial charge is 0.252 e. The molecular weight excluding hydrogens is 1180 g/mol. The molecule has 98 heavy (non-hydrogen) atoms. The van der Waals surface area contributed by atoms with Gasteiger partial charge in [-0.3, -0.25) is 0 Å². The molecule has 466 valence electrons. The molecule has 0 aliphatic carbocycles. The Morgan fingerprint density at radius 3 is 1.41 bits per heavy atom. The van der Waals surface area contributed by atoms with E-state index in [2.05, 4.69) is 318 Å². The topological polar surface area (TPSA) is 11.4 Å². The zero-order chi connectivity index (χ0) is 72.9. The van der Waals surface area contributed by atoms with E-state index in [9.17, 15) is 8.22 Å². The fraction of sp³-hybridized carbons (Fsp3) is 0.0851. The molecule has 16 aromatic rings. The Morgan fingerprint density at radius 1 is 0.296 bits per heavy atom. The number of fused-ring (bicyclic) bond motifs is 10. The summed E-state index contributed by atoms with van der Waals surface area (Å²) >= 11 is 0.